The SMILES string of the molecule is CN(C(=O)c1ccncc1C1CC1)c1ccc2ncccc2c1. The van der Waals surface area contributed by atoms with Crippen molar-refractivity contribution in [3.8, 4) is 0 Å². The smallest absolute Gasteiger partial charge is 0.258 e. The molecule has 114 valence electrons. The molecule has 1 aliphatic carbocycles. The minimum Gasteiger partial charge on any atom is -0.311 e. The van der Waals surface area contributed by atoms with Gasteiger partial charge in [-0.05, 0) is 54.7 Å². The largest absolute Gasteiger partial charge is 0.311 e. The van der Waals surface area contributed by atoms with Crippen molar-refractivity contribution in [2.24, 2.45) is 0 Å². The molecule has 23 heavy (non-hydrogen) atoms. The maximum absolute atomic E-state index is 12.9. The second-order valence-corrected chi connectivity index (χ2v) is 5.98. The molecule has 1 amide bonds. The Bertz CT molecular complexity index is 886. The molecule has 1 fully saturated rings. The molecule has 0 spiro atoms. The average molecular weight is 303 g/mol. The highest BCUT2D eigenvalue weighted by molar-refractivity contribution is 6.07. The number of hydrogen-bond acceptors (Lipinski definition) is 3. The number of carbonyl (C=O) groups excluding carboxylic acids is 1. The van der Waals surface area contributed by atoms with Gasteiger partial charge < -0.3 is 4.90 Å². The first kappa shape index (κ1) is 13.9. The van der Waals surface area contributed by atoms with Crippen molar-refractivity contribution in [1.29, 1.82) is 0 Å². The first-order valence-corrected chi connectivity index (χ1v) is 7.81. The molecule has 1 saturated carbocycles. The monoisotopic (exact) mass is 303 g/mol. The molecule has 4 rings (SSSR count). The Morgan fingerprint density at radius 3 is 2.87 bits per heavy atom. The number of carbonyl (C=O) groups is 1. The second-order valence-electron chi connectivity index (χ2n) is 5.98. The number of hydrogen-bond donors (Lipinski definition) is 0. The molecule has 0 N–H and O–H groups in total. The van der Waals surface area contributed by atoms with Crippen LogP contribution in [-0.2, 0) is 0 Å². The Hall–Kier alpha value is -2.75. The van der Waals surface area contributed by atoms with E-state index in [0.29, 0.717) is 5.92 Å². The molecular formula is C19H17N3O. The summed E-state index contributed by atoms with van der Waals surface area (Å²) in [5.41, 5.74) is 3.64. The number of pyridine rings is 2. The van der Waals surface area contributed by atoms with Gasteiger partial charge in [-0.15, -0.1) is 0 Å². The van der Waals surface area contributed by atoms with E-state index in [4.69, 9.17) is 0 Å². The molecule has 1 aromatic carbocycles. The molecule has 0 aliphatic heterocycles. The molecule has 0 unspecified atom stereocenters. The Balaban J connectivity index is 1.70. The summed E-state index contributed by atoms with van der Waals surface area (Å²) in [6.07, 6.45) is 7.60. The molecule has 2 heterocycles. The van der Waals surface area contributed by atoms with Crippen LogP contribution >= 0.6 is 0 Å². The van der Waals surface area contributed by atoms with Crippen LogP contribution in [0.25, 0.3) is 10.9 Å². The van der Waals surface area contributed by atoms with Gasteiger partial charge in [0.1, 0.15) is 0 Å². The zero-order valence-electron chi connectivity index (χ0n) is 12.9. The fourth-order valence-corrected chi connectivity index (χ4v) is 2.89. The average Bonchev–Trinajstić information content (AvgIpc) is 3.45. The predicted octanol–water partition coefficient (Wildman–Crippen LogP) is 3.78. The van der Waals surface area contributed by atoms with Crippen LogP contribution in [0.4, 0.5) is 5.69 Å². The second kappa shape index (κ2) is 5.47. The third-order valence-electron chi connectivity index (χ3n) is 4.38. The lowest BCUT2D eigenvalue weighted by atomic mass is 10.0. The number of nitrogens with zero attached hydrogens (tertiary/aromatic N) is 3. The number of rotatable bonds is 3. The van der Waals surface area contributed by atoms with Gasteiger partial charge in [-0.2, -0.15) is 0 Å². The highest BCUT2D eigenvalue weighted by atomic mass is 16.2. The first-order chi connectivity index (χ1) is 11.2. The minimum absolute atomic E-state index is 0.0116. The van der Waals surface area contributed by atoms with Gasteiger partial charge in [0.15, 0.2) is 0 Å². The molecule has 0 saturated heterocycles. The Morgan fingerprint density at radius 1 is 1.17 bits per heavy atom. The Kier molecular flexibility index (Phi) is 3.30. The number of benzene rings is 1. The predicted molar refractivity (Wildman–Crippen MR) is 90.7 cm³/mol. The van der Waals surface area contributed by atoms with E-state index < -0.39 is 0 Å². The number of amides is 1. The van der Waals surface area contributed by atoms with Crippen LogP contribution < -0.4 is 4.90 Å². The Labute approximate surface area is 134 Å². The van der Waals surface area contributed by atoms with Crippen LogP contribution in [0.5, 0.6) is 0 Å². The van der Waals surface area contributed by atoms with E-state index in [2.05, 4.69) is 9.97 Å². The normalized spacial score (nSPS) is 14.0. The lowest BCUT2D eigenvalue weighted by molar-refractivity contribution is 0.0992. The standard InChI is InChI=1S/C19H17N3O/c1-22(15-6-7-18-14(11-15)3-2-9-21-18)19(23)16-8-10-20-12-17(16)13-4-5-13/h2-3,6-13H,4-5H2,1H3. The molecule has 3 aromatic rings. The summed E-state index contributed by atoms with van der Waals surface area (Å²) in [6.45, 7) is 0. The van der Waals surface area contributed by atoms with E-state index in [-0.39, 0.29) is 5.91 Å². The summed E-state index contributed by atoms with van der Waals surface area (Å²) < 4.78 is 0. The molecule has 0 bridgehead atoms. The van der Waals surface area contributed by atoms with Crippen LogP contribution in [0.15, 0.2) is 55.0 Å². The highest BCUT2D eigenvalue weighted by Gasteiger charge is 2.29. The zero-order valence-corrected chi connectivity index (χ0v) is 12.9. The van der Waals surface area contributed by atoms with Gasteiger partial charge in [0.05, 0.1) is 5.52 Å². The van der Waals surface area contributed by atoms with E-state index in [1.54, 1.807) is 17.3 Å². The van der Waals surface area contributed by atoms with Crippen molar-refractivity contribution in [2.45, 2.75) is 18.8 Å². The third kappa shape index (κ3) is 2.57. The molecule has 4 heteroatoms. The van der Waals surface area contributed by atoms with Crippen molar-refractivity contribution in [3.05, 3.63) is 66.1 Å². The fraction of sp³-hybridized carbons (Fsp3) is 0.211. The van der Waals surface area contributed by atoms with Gasteiger partial charge in [0.2, 0.25) is 0 Å². The molecule has 4 nitrogen and oxygen atoms in total. The van der Waals surface area contributed by atoms with Crippen molar-refractivity contribution in [3.63, 3.8) is 0 Å². The summed E-state index contributed by atoms with van der Waals surface area (Å²) in [4.78, 5) is 23.1. The summed E-state index contributed by atoms with van der Waals surface area (Å²) in [5.74, 6) is 0.509. The molecule has 0 radical (unpaired) electrons. The van der Waals surface area contributed by atoms with Crippen LogP contribution in [0, 0.1) is 0 Å². The van der Waals surface area contributed by atoms with Gasteiger partial charge in [-0.1, -0.05) is 6.07 Å². The number of aromatic nitrogens is 2. The third-order valence-corrected chi connectivity index (χ3v) is 4.38. The summed E-state index contributed by atoms with van der Waals surface area (Å²) in [7, 11) is 1.82. The molecule has 1 aliphatic rings. The quantitative estimate of drug-likeness (QED) is 0.739. The van der Waals surface area contributed by atoms with E-state index in [1.807, 2.05) is 49.6 Å². The van der Waals surface area contributed by atoms with Gasteiger partial charge >= 0.3 is 0 Å². The van der Waals surface area contributed by atoms with Crippen molar-refractivity contribution < 1.29 is 4.79 Å². The van der Waals surface area contributed by atoms with Crippen molar-refractivity contribution in [2.75, 3.05) is 11.9 Å². The fourth-order valence-electron chi connectivity index (χ4n) is 2.89. The minimum atomic E-state index is 0.0116. The molecule has 2 aromatic heterocycles. The Morgan fingerprint density at radius 2 is 2.04 bits per heavy atom. The van der Waals surface area contributed by atoms with Crippen molar-refractivity contribution >= 4 is 22.5 Å². The molecule has 0 atom stereocenters. The van der Waals surface area contributed by atoms with E-state index in [9.17, 15) is 4.79 Å². The summed E-state index contributed by atoms with van der Waals surface area (Å²) in [6, 6.07) is 11.6. The van der Waals surface area contributed by atoms with Crippen molar-refractivity contribution in [1.82, 2.24) is 9.97 Å². The van der Waals surface area contributed by atoms with E-state index >= 15 is 0 Å². The van der Waals surface area contributed by atoms with Gasteiger partial charge in [0, 0.05) is 42.3 Å². The van der Waals surface area contributed by atoms with Gasteiger partial charge in [-0.25, -0.2) is 0 Å². The topological polar surface area (TPSA) is 46.1 Å². The zero-order chi connectivity index (χ0) is 15.8. The summed E-state index contributed by atoms with van der Waals surface area (Å²) >= 11 is 0. The van der Waals surface area contributed by atoms with Crippen LogP contribution in [0.2, 0.25) is 0 Å². The van der Waals surface area contributed by atoms with E-state index in [0.717, 1.165) is 40.6 Å². The van der Waals surface area contributed by atoms with E-state index in [1.165, 1.54) is 0 Å². The van der Waals surface area contributed by atoms with Crippen LogP contribution in [0.3, 0.4) is 0 Å². The van der Waals surface area contributed by atoms with Gasteiger partial charge in [0.25, 0.3) is 5.91 Å². The van der Waals surface area contributed by atoms with Gasteiger partial charge in [-0.3, -0.25) is 14.8 Å². The molecular weight excluding hydrogens is 286 g/mol. The highest BCUT2D eigenvalue weighted by Crippen LogP contribution is 2.41. The number of anilines is 1. The summed E-state index contributed by atoms with van der Waals surface area (Å²) in [5, 5.41) is 1.03. The maximum atomic E-state index is 12.9. The van der Waals surface area contributed by atoms with Crippen LogP contribution in [0.1, 0.15) is 34.7 Å². The maximum Gasteiger partial charge on any atom is 0.258 e. The number of fused-ring (bicyclic) bond motifs is 1. The lowest BCUT2D eigenvalue weighted by Crippen LogP contribution is -2.27. The first-order valence-electron chi connectivity index (χ1n) is 7.81. The van der Waals surface area contributed by atoms with Crippen LogP contribution in [-0.4, -0.2) is 22.9 Å². The lowest BCUT2D eigenvalue weighted by Gasteiger charge is -2.19.